The molecule has 0 bridgehead atoms. The summed E-state index contributed by atoms with van der Waals surface area (Å²) in [5.74, 6) is -1.97. The second kappa shape index (κ2) is 9.49. The van der Waals surface area contributed by atoms with Crippen molar-refractivity contribution in [3.63, 3.8) is 0 Å². The SMILES string of the molecule is CC(C)(C)[C@H](NC(=O)OCC1c2ccccc2-c2ccccc21)C(=O)N[C@H]1CCC[C@H]1C(=O)O. The van der Waals surface area contributed by atoms with Crippen LogP contribution in [0, 0.1) is 11.3 Å². The van der Waals surface area contributed by atoms with Crippen LogP contribution in [-0.4, -0.2) is 41.8 Å². The summed E-state index contributed by atoms with van der Waals surface area (Å²) in [7, 11) is 0. The van der Waals surface area contributed by atoms with Crippen LogP contribution in [0.4, 0.5) is 4.79 Å². The van der Waals surface area contributed by atoms with Crippen LogP contribution in [0.1, 0.15) is 57.1 Å². The van der Waals surface area contributed by atoms with Gasteiger partial charge in [-0.25, -0.2) is 4.79 Å². The lowest BCUT2D eigenvalue weighted by Crippen LogP contribution is -2.56. The quantitative estimate of drug-likeness (QED) is 0.591. The van der Waals surface area contributed by atoms with E-state index >= 15 is 0 Å². The molecule has 2 aliphatic carbocycles. The molecule has 1 fully saturated rings. The predicted molar refractivity (Wildman–Crippen MR) is 128 cm³/mol. The highest BCUT2D eigenvalue weighted by Crippen LogP contribution is 2.44. The molecule has 2 aromatic carbocycles. The summed E-state index contributed by atoms with van der Waals surface area (Å²) >= 11 is 0. The van der Waals surface area contributed by atoms with Crippen LogP contribution in [0.5, 0.6) is 0 Å². The van der Waals surface area contributed by atoms with Crippen LogP contribution in [0.25, 0.3) is 11.1 Å². The zero-order valence-corrected chi connectivity index (χ0v) is 19.8. The number of hydrogen-bond donors (Lipinski definition) is 3. The number of ether oxygens (including phenoxy) is 1. The van der Waals surface area contributed by atoms with Crippen LogP contribution in [0.2, 0.25) is 0 Å². The van der Waals surface area contributed by atoms with Gasteiger partial charge in [-0.15, -0.1) is 0 Å². The Morgan fingerprint density at radius 3 is 2.15 bits per heavy atom. The molecule has 2 aliphatic rings. The van der Waals surface area contributed by atoms with Gasteiger partial charge in [0.05, 0.1) is 5.92 Å². The second-order valence-electron chi connectivity index (χ2n) is 10.3. The normalized spacial score (nSPS) is 20.2. The van der Waals surface area contributed by atoms with Gasteiger partial charge in [-0.3, -0.25) is 9.59 Å². The lowest BCUT2D eigenvalue weighted by Gasteiger charge is -2.31. The van der Waals surface area contributed by atoms with E-state index in [1.54, 1.807) is 0 Å². The Hall–Kier alpha value is -3.35. The molecule has 4 rings (SSSR count). The van der Waals surface area contributed by atoms with E-state index in [-0.39, 0.29) is 18.4 Å². The first-order valence-corrected chi connectivity index (χ1v) is 11.8. The van der Waals surface area contributed by atoms with E-state index in [0.717, 1.165) is 28.7 Å². The molecule has 2 aromatic rings. The minimum absolute atomic E-state index is 0.0742. The zero-order valence-electron chi connectivity index (χ0n) is 19.8. The molecule has 7 nitrogen and oxygen atoms in total. The fraction of sp³-hybridized carbons (Fsp3) is 0.444. The molecule has 2 amide bonds. The first-order chi connectivity index (χ1) is 16.2. The zero-order chi connectivity index (χ0) is 24.5. The van der Waals surface area contributed by atoms with Gasteiger partial charge in [0.1, 0.15) is 12.6 Å². The van der Waals surface area contributed by atoms with Gasteiger partial charge in [0.25, 0.3) is 0 Å². The number of amides is 2. The molecule has 0 heterocycles. The highest BCUT2D eigenvalue weighted by Gasteiger charge is 2.39. The van der Waals surface area contributed by atoms with Gasteiger partial charge >= 0.3 is 12.1 Å². The van der Waals surface area contributed by atoms with Crippen LogP contribution >= 0.6 is 0 Å². The molecule has 180 valence electrons. The maximum atomic E-state index is 13.1. The third-order valence-electron chi connectivity index (χ3n) is 6.89. The van der Waals surface area contributed by atoms with E-state index in [9.17, 15) is 19.5 Å². The average molecular weight is 465 g/mol. The first-order valence-electron chi connectivity index (χ1n) is 11.8. The lowest BCUT2D eigenvalue weighted by molar-refractivity contribution is -0.142. The van der Waals surface area contributed by atoms with E-state index in [4.69, 9.17) is 4.74 Å². The van der Waals surface area contributed by atoms with Crippen molar-refractivity contribution in [2.24, 2.45) is 11.3 Å². The van der Waals surface area contributed by atoms with Gasteiger partial charge in [0.15, 0.2) is 0 Å². The van der Waals surface area contributed by atoms with E-state index in [2.05, 4.69) is 22.8 Å². The molecule has 0 saturated heterocycles. The van der Waals surface area contributed by atoms with Gasteiger partial charge in [-0.1, -0.05) is 75.7 Å². The summed E-state index contributed by atoms with van der Waals surface area (Å²) in [6.07, 6.45) is 1.24. The topological polar surface area (TPSA) is 105 Å². The number of aliphatic carboxylic acids is 1. The molecule has 3 N–H and O–H groups in total. The number of carboxylic acid groups (broad SMARTS) is 1. The molecule has 7 heteroatoms. The van der Waals surface area contributed by atoms with E-state index in [1.807, 2.05) is 57.2 Å². The standard InChI is InChI=1S/C27H32N2O5/c1-27(2,3)23(24(30)28-22-14-8-13-20(22)25(31)32)29-26(33)34-15-21-18-11-6-4-9-16(18)17-10-5-7-12-19(17)21/h4-7,9-12,20-23H,8,13-15H2,1-3H3,(H,28,30)(H,29,33)(H,31,32)/t20-,22+,23-/m1/s1. The fourth-order valence-corrected chi connectivity index (χ4v) is 5.13. The van der Waals surface area contributed by atoms with E-state index < -0.39 is 35.5 Å². The van der Waals surface area contributed by atoms with Crippen molar-refractivity contribution in [2.45, 2.75) is 58.0 Å². The summed E-state index contributed by atoms with van der Waals surface area (Å²) in [5, 5.41) is 15.0. The number of nitrogens with one attached hydrogen (secondary N) is 2. The fourth-order valence-electron chi connectivity index (χ4n) is 5.13. The number of rotatable bonds is 6. The minimum Gasteiger partial charge on any atom is -0.481 e. The number of hydrogen-bond acceptors (Lipinski definition) is 4. The molecule has 1 saturated carbocycles. The molecule has 0 unspecified atom stereocenters. The monoisotopic (exact) mass is 464 g/mol. The molecule has 0 radical (unpaired) electrons. The van der Waals surface area contributed by atoms with Crippen LogP contribution in [0.3, 0.4) is 0 Å². The first kappa shape index (κ1) is 23.8. The summed E-state index contributed by atoms with van der Waals surface area (Å²) in [6, 6.07) is 14.9. The molecular formula is C27H32N2O5. The van der Waals surface area contributed by atoms with E-state index in [1.165, 1.54) is 0 Å². The van der Waals surface area contributed by atoms with Crippen molar-refractivity contribution < 1.29 is 24.2 Å². The predicted octanol–water partition coefficient (Wildman–Crippen LogP) is 4.31. The van der Waals surface area contributed by atoms with Gasteiger partial charge < -0.3 is 20.5 Å². The van der Waals surface area contributed by atoms with Crippen LogP contribution in [-0.2, 0) is 14.3 Å². The van der Waals surface area contributed by atoms with Crippen molar-refractivity contribution in [3.05, 3.63) is 59.7 Å². The van der Waals surface area contributed by atoms with Gasteiger partial charge in [0, 0.05) is 12.0 Å². The Balaban J connectivity index is 1.42. The van der Waals surface area contributed by atoms with Crippen molar-refractivity contribution in [2.75, 3.05) is 6.61 Å². The molecule has 34 heavy (non-hydrogen) atoms. The third-order valence-corrected chi connectivity index (χ3v) is 6.89. The van der Waals surface area contributed by atoms with Crippen LogP contribution in [0.15, 0.2) is 48.5 Å². The summed E-state index contributed by atoms with van der Waals surface area (Å²) < 4.78 is 5.62. The van der Waals surface area contributed by atoms with Crippen molar-refractivity contribution >= 4 is 18.0 Å². The van der Waals surface area contributed by atoms with Crippen molar-refractivity contribution in [1.82, 2.24) is 10.6 Å². The Labute approximate surface area is 199 Å². The summed E-state index contributed by atoms with van der Waals surface area (Å²) in [4.78, 5) is 37.3. The smallest absolute Gasteiger partial charge is 0.407 e. The maximum Gasteiger partial charge on any atom is 0.407 e. The van der Waals surface area contributed by atoms with Crippen molar-refractivity contribution in [3.8, 4) is 11.1 Å². The molecule has 3 atom stereocenters. The van der Waals surface area contributed by atoms with Gasteiger partial charge in [-0.05, 0) is 40.5 Å². The largest absolute Gasteiger partial charge is 0.481 e. The lowest BCUT2D eigenvalue weighted by atomic mass is 9.86. The summed E-state index contributed by atoms with van der Waals surface area (Å²) in [5.41, 5.74) is 3.92. The Morgan fingerprint density at radius 1 is 1.00 bits per heavy atom. The third kappa shape index (κ3) is 4.79. The minimum atomic E-state index is -0.903. The Kier molecular flexibility index (Phi) is 6.64. The van der Waals surface area contributed by atoms with E-state index in [0.29, 0.717) is 12.8 Å². The molecule has 0 spiro atoms. The Bertz CT molecular complexity index is 1040. The van der Waals surface area contributed by atoms with Gasteiger partial charge in [-0.2, -0.15) is 0 Å². The number of fused-ring (bicyclic) bond motifs is 3. The summed E-state index contributed by atoms with van der Waals surface area (Å²) in [6.45, 7) is 5.71. The molecule has 0 aromatic heterocycles. The number of benzene rings is 2. The number of carbonyl (C=O) groups excluding carboxylic acids is 2. The van der Waals surface area contributed by atoms with Crippen LogP contribution < -0.4 is 10.6 Å². The highest BCUT2D eigenvalue weighted by atomic mass is 16.5. The van der Waals surface area contributed by atoms with Gasteiger partial charge in [0.2, 0.25) is 5.91 Å². The molecular weight excluding hydrogens is 432 g/mol. The maximum absolute atomic E-state index is 13.1. The number of carbonyl (C=O) groups is 3. The Morgan fingerprint density at radius 2 is 1.59 bits per heavy atom. The average Bonchev–Trinajstić information content (AvgIpc) is 3.38. The second-order valence-corrected chi connectivity index (χ2v) is 10.3. The number of carboxylic acids is 1. The number of alkyl carbamates (subject to hydrolysis) is 1. The van der Waals surface area contributed by atoms with Crippen molar-refractivity contribution in [1.29, 1.82) is 0 Å². The molecule has 0 aliphatic heterocycles. The highest BCUT2D eigenvalue weighted by molar-refractivity contribution is 5.87.